The van der Waals surface area contributed by atoms with E-state index in [0.29, 0.717) is 11.1 Å². The van der Waals surface area contributed by atoms with E-state index in [-0.39, 0.29) is 11.5 Å². The van der Waals surface area contributed by atoms with Crippen molar-refractivity contribution in [1.29, 1.82) is 0 Å². The quantitative estimate of drug-likeness (QED) is 0.654. The topological polar surface area (TPSA) is 49.7 Å². The highest BCUT2D eigenvalue weighted by Gasteiger charge is 2.20. The monoisotopic (exact) mass is 243 g/mol. The van der Waals surface area contributed by atoms with Gasteiger partial charge in [-0.05, 0) is 26.2 Å². The summed E-state index contributed by atoms with van der Waals surface area (Å²) >= 11 is 0. The third kappa shape index (κ3) is 2.67. The van der Waals surface area contributed by atoms with Gasteiger partial charge >= 0.3 is 0 Å². The molecule has 3 heteroatoms. The number of nitrogens with zero attached hydrogens (tertiary/aromatic N) is 1. The molecule has 2 rings (SSSR count). The minimum atomic E-state index is -0.128. The highest BCUT2D eigenvalue weighted by atomic mass is 16.3. The van der Waals surface area contributed by atoms with Crippen LogP contribution in [0.1, 0.15) is 31.7 Å². The van der Waals surface area contributed by atoms with Gasteiger partial charge in [-0.1, -0.05) is 30.3 Å². The van der Waals surface area contributed by atoms with Gasteiger partial charge in [-0.25, -0.2) is 0 Å². The minimum Gasteiger partial charge on any atom is -0.506 e. The van der Waals surface area contributed by atoms with Crippen molar-refractivity contribution >= 4 is 17.3 Å². The zero-order valence-corrected chi connectivity index (χ0v) is 10.5. The number of carbonyl (C=O) groups is 1. The number of aliphatic hydroxyl groups excluding tert-OH is 1. The molecule has 0 spiro atoms. The first-order chi connectivity index (χ1) is 8.70. The van der Waals surface area contributed by atoms with Crippen molar-refractivity contribution in [3.05, 3.63) is 41.5 Å². The van der Waals surface area contributed by atoms with E-state index >= 15 is 0 Å². The van der Waals surface area contributed by atoms with Crippen LogP contribution in [-0.2, 0) is 4.79 Å². The number of rotatable bonds is 3. The lowest BCUT2D eigenvalue weighted by atomic mass is 9.96. The molecule has 0 aliphatic carbocycles. The first-order valence-electron chi connectivity index (χ1n) is 6.23. The van der Waals surface area contributed by atoms with Crippen LogP contribution in [0.15, 0.2) is 40.9 Å². The highest BCUT2D eigenvalue weighted by molar-refractivity contribution is 6.25. The predicted molar refractivity (Wildman–Crippen MR) is 72.8 cm³/mol. The maximum absolute atomic E-state index is 11.8. The maximum atomic E-state index is 11.8. The Morgan fingerprint density at radius 1 is 1.22 bits per heavy atom. The number of hydrogen-bond donors (Lipinski definition) is 1. The van der Waals surface area contributed by atoms with Gasteiger partial charge in [0.15, 0.2) is 5.78 Å². The van der Waals surface area contributed by atoms with Crippen LogP contribution in [0, 0.1) is 0 Å². The SMILES string of the molecule is CC(=O)C(C1=NCCCC1)=C(O)c1ccccc1. The summed E-state index contributed by atoms with van der Waals surface area (Å²) < 4.78 is 0. The smallest absolute Gasteiger partial charge is 0.165 e. The number of Topliss-reactive ketones (excluding diaryl/α,β-unsaturated/α-hetero) is 1. The first-order valence-corrected chi connectivity index (χ1v) is 6.23. The molecule has 18 heavy (non-hydrogen) atoms. The number of benzene rings is 1. The van der Waals surface area contributed by atoms with Crippen LogP contribution in [-0.4, -0.2) is 23.1 Å². The Morgan fingerprint density at radius 3 is 2.50 bits per heavy atom. The Morgan fingerprint density at radius 2 is 1.94 bits per heavy atom. The van der Waals surface area contributed by atoms with Gasteiger partial charge in [-0.2, -0.15) is 0 Å². The molecule has 0 amide bonds. The summed E-state index contributed by atoms with van der Waals surface area (Å²) in [5.74, 6) is -0.0826. The van der Waals surface area contributed by atoms with Crippen molar-refractivity contribution in [2.24, 2.45) is 4.99 Å². The van der Waals surface area contributed by atoms with Gasteiger partial charge in [0.1, 0.15) is 5.76 Å². The molecule has 1 N–H and O–H groups in total. The predicted octanol–water partition coefficient (Wildman–Crippen LogP) is 3.17. The molecule has 0 fully saturated rings. The molecule has 1 aromatic carbocycles. The number of ketones is 1. The average Bonchev–Trinajstić information content (AvgIpc) is 2.40. The second kappa shape index (κ2) is 5.63. The highest BCUT2D eigenvalue weighted by Crippen LogP contribution is 2.21. The van der Waals surface area contributed by atoms with E-state index in [1.807, 2.05) is 18.2 Å². The standard InChI is InChI=1S/C15H17NO2/c1-11(17)14(13-9-5-6-10-16-13)15(18)12-7-3-2-4-8-12/h2-4,7-8,18H,5-6,9-10H2,1H3. The minimum absolute atomic E-state index is 0.0451. The second-order valence-electron chi connectivity index (χ2n) is 4.43. The van der Waals surface area contributed by atoms with Gasteiger partial charge in [0.25, 0.3) is 0 Å². The fraction of sp³-hybridized carbons (Fsp3) is 0.333. The average molecular weight is 243 g/mol. The van der Waals surface area contributed by atoms with Gasteiger partial charge in [-0.15, -0.1) is 0 Å². The van der Waals surface area contributed by atoms with Gasteiger partial charge in [-0.3, -0.25) is 9.79 Å². The molecule has 0 saturated carbocycles. The summed E-state index contributed by atoms with van der Waals surface area (Å²) in [6, 6.07) is 9.14. The molecule has 0 atom stereocenters. The lowest BCUT2D eigenvalue weighted by Gasteiger charge is -2.15. The molecular weight excluding hydrogens is 226 g/mol. The summed E-state index contributed by atoms with van der Waals surface area (Å²) in [5.41, 5.74) is 1.78. The molecule has 1 aromatic rings. The fourth-order valence-electron chi connectivity index (χ4n) is 2.15. The third-order valence-corrected chi connectivity index (χ3v) is 3.05. The van der Waals surface area contributed by atoms with E-state index in [0.717, 1.165) is 31.5 Å². The Bertz CT molecular complexity index is 500. The van der Waals surface area contributed by atoms with Crippen molar-refractivity contribution in [1.82, 2.24) is 0 Å². The summed E-state index contributed by atoms with van der Waals surface area (Å²) in [6.45, 7) is 2.22. The second-order valence-corrected chi connectivity index (χ2v) is 4.43. The zero-order valence-electron chi connectivity index (χ0n) is 10.5. The molecule has 94 valence electrons. The Labute approximate surface area is 107 Å². The summed E-state index contributed by atoms with van der Waals surface area (Å²) in [5, 5.41) is 10.3. The lowest BCUT2D eigenvalue weighted by Crippen LogP contribution is -2.16. The maximum Gasteiger partial charge on any atom is 0.165 e. The van der Waals surface area contributed by atoms with Gasteiger partial charge in [0.2, 0.25) is 0 Å². The van der Waals surface area contributed by atoms with E-state index < -0.39 is 0 Å². The largest absolute Gasteiger partial charge is 0.506 e. The van der Waals surface area contributed by atoms with Crippen molar-refractivity contribution in [2.45, 2.75) is 26.2 Å². The Kier molecular flexibility index (Phi) is 3.92. The van der Waals surface area contributed by atoms with E-state index in [9.17, 15) is 9.90 Å². The van der Waals surface area contributed by atoms with E-state index in [1.54, 1.807) is 12.1 Å². The lowest BCUT2D eigenvalue weighted by molar-refractivity contribution is -0.113. The van der Waals surface area contributed by atoms with Crippen molar-refractivity contribution in [3.63, 3.8) is 0 Å². The van der Waals surface area contributed by atoms with Crippen molar-refractivity contribution < 1.29 is 9.90 Å². The molecule has 0 unspecified atom stereocenters. The molecule has 0 bridgehead atoms. The number of aliphatic imine (C=N–C) groups is 1. The summed E-state index contributed by atoms with van der Waals surface area (Å²) in [7, 11) is 0. The number of hydrogen-bond acceptors (Lipinski definition) is 3. The Balaban J connectivity index is 2.46. The molecule has 1 aliphatic heterocycles. The van der Waals surface area contributed by atoms with Crippen molar-refractivity contribution in [2.75, 3.05) is 6.54 Å². The molecule has 0 saturated heterocycles. The van der Waals surface area contributed by atoms with Crippen LogP contribution in [0.25, 0.3) is 5.76 Å². The third-order valence-electron chi connectivity index (χ3n) is 3.05. The van der Waals surface area contributed by atoms with Gasteiger partial charge < -0.3 is 5.11 Å². The van der Waals surface area contributed by atoms with Gasteiger partial charge in [0, 0.05) is 17.8 Å². The molecule has 1 heterocycles. The normalized spacial score (nSPS) is 16.8. The van der Waals surface area contributed by atoms with Crippen LogP contribution in [0.3, 0.4) is 0 Å². The number of allylic oxidation sites excluding steroid dienone is 1. The fourth-order valence-corrected chi connectivity index (χ4v) is 2.15. The van der Waals surface area contributed by atoms with E-state index in [2.05, 4.69) is 4.99 Å². The molecule has 0 aromatic heterocycles. The number of carbonyl (C=O) groups excluding carboxylic acids is 1. The van der Waals surface area contributed by atoms with Crippen LogP contribution < -0.4 is 0 Å². The molecular formula is C15H17NO2. The molecule has 0 radical (unpaired) electrons. The van der Waals surface area contributed by atoms with Crippen molar-refractivity contribution in [3.8, 4) is 0 Å². The summed E-state index contributed by atoms with van der Waals surface area (Å²) in [4.78, 5) is 16.1. The number of aliphatic hydroxyl groups is 1. The molecule has 3 nitrogen and oxygen atoms in total. The first kappa shape index (κ1) is 12.6. The van der Waals surface area contributed by atoms with Crippen LogP contribution in [0.4, 0.5) is 0 Å². The van der Waals surface area contributed by atoms with E-state index in [1.165, 1.54) is 6.92 Å². The summed E-state index contributed by atoms with van der Waals surface area (Å²) in [6.07, 6.45) is 2.85. The van der Waals surface area contributed by atoms with Crippen LogP contribution >= 0.6 is 0 Å². The Hall–Kier alpha value is -1.90. The van der Waals surface area contributed by atoms with E-state index in [4.69, 9.17) is 0 Å². The van der Waals surface area contributed by atoms with Gasteiger partial charge in [0.05, 0.1) is 5.57 Å². The zero-order chi connectivity index (χ0) is 13.0. The molecule has 1 aliphatic rings. The van der Waals surface area contributed by atoms with Crippen LogP contribution in [0.2, 0.25) is 0 Å². The van der Waals surface area contributed by atoms with Crippen LogP contribution in [0.5, 0.6) is 0 Å².